The molecule has 1 amide bonds. The Kier molecular flexibility index (Phi) is 6.22. The topological polar surface area (TPSA) is 97.5 Å². The molecule has 2 rings (SSSR count). The molecule has 7 nitrogen and oxygen atoms in total. The van der Waals surface area contributed by atoms with Crippen LogP contribution in [0.4, 0.5) is 0 Å². The molecule has 0 unspecified atom stereocenters. The van der Waals surface area contributed by atoms with E-state index in [1.807, 2.05) is 0 Å². The van der Waals surface area contributed by atoms with Crippen LogP contribution in [0, 0.1) is 13.8 Å². The fourth-order valence-corrected chi connectivity index (χ4v) is 3.13. The Bertz CT molecular complexity index is 659. The normalized spacial score (nSPS) is 15.7. The van der Waals surface area contributed by atoms with Gasteiger partial charge >= 0.3 is 11.9 Å². The molecule has 7 heteroatoms. The highest BCUT2D eigenvalue weighted by Crippen LogP contribution is 2.21. The van der Waals surface area contributed by atoms with Gasteiger partial charge in [-0.25, -0.2) is 9.59 Å². The third-order valence-corrected chi connectivity index (χ3v) is 4.48. The summed E-state index contributed by atoms with van der Waals surface area (Å²) in [5, 5.41) is 2.91. The summed E-state index contributed by atoms with van der Waals surface area (Å²) in [6.07, 6.45) is 3.25. The lowest BCUT2D eigenvalue weighted by Gasteiger charge is -2.17. The van der Waals surface area contributed by atoms with E-state index in [4.69, 9.17) is 9.47 Å². The molecule has 0 saturated heterocycles. The van der Waals surface area contributed by atoms with Crippen molar-refractivity contribution in [3.8, 4) is 0 Å². The van der Waals surface area contributed by atoms with Crippen LogP contribution in [0.15, 0.2) is 0 Å². The van der Waals surface area contributed by atoms with Crippen molar-refractivity contribution in [2.24, 2.45) is 0 Å². The molecular formula is C18H26N2O5. The Morgan fingerprint density at radius 1 is 1.20 bits per heavy atom. The summed E-state index contributed by atoms with van der Waals surface area (Å²) in [6, 6.07) is 0.166. The van der Waals surface area contributed by atoms with Crippen LogP contribution in [0.25, 0.3) is 0 Å². The summed E-state index contributed by atoms with van der Waals surface area (Å²) in [4.78, 5) is 39.4. The molecule has 138 valence electrons. The van der Waals surface area contributed by atoms with Crippen molar-refractivity contribution in [3.63, 3.8) is 0 Å². The molecule has 0 bridgehead atoms. The fourth-order valence-electron chi connectivity index (χ4n) is 3.13. The van der Waals surface area contributed by atoms with E-state index in [1.165, 1.54) is 0 Å². The molecule has 1 saturated carbocycles. The van der Waals surface area contributed by atoms with Crippen LogP contribution in [-0.4, -0.2) is 41.6 Å². The number of amides is 1. The minimum absolute atomic E-state index is 0.166. The van der Waals surface area contributed by atoms with Crippen molar-refractivity contribution in [1.82, 2.24) is 10.3 Å². The average molecular weight is 350 g/mol. The number of nitrogens with one attached hydrogen (secondary N) is 2. The highest BCUT2D eigenvalue weighted by Gasteiger charge is 2.27. The molecule has 0 aromatic carbocycles. The number of hydrogen-bond acceptors (Lipinski definition) is 5. The Morgan fingerprint density at radius 3 is 2.44 bits per heavy atom. The van der Waals surface area contributed by atoms with Gasteiger partial charge in [0, 0.05) is 11.7 Å². The fraction of sp³-hybridized carbons (Fsp3) is 0.611. The largest absolute Gasteiger partial charge is 0.461 e. The Labute approximate surface area is 147 Å². The van der Waals surface area contributed by atoms with Crippen molar-refractivity contribution in [2.45, 2.75) is 65.5 Å². The van der Waals surface area contributed by atoms with Gasteiger partial charge in [0.1, 0.15) is 5.69 Å². The van der Waals surface area contributed by atoms with E-state index in [2.05, 4.69) is 10.3 Å². The van der Waals surface area contributed by atoms with Gasteiger partial charge in [-0.1, -0.05) is 12.8 Å². The number of aromatic amines is 1. The molecule has 2 N–H and O–H groups in total. The first-order valence-electron chi connectivity index (χ1n) is 8.72. The van der Waals surface area contributed by atoms with E-state index < -0.39 is 18.0 Å². The van der Waals surface area contributed by atoms with Crippen LogP contribution in [0.2, 0.25) is 0 Å². The lowest BCUT2D eigenvalue weighted by molar-refractivity contribution is -0.129. The lowest BCUT2D eigenvalue weighted by Crippen LogP contribution is -2.40. The highest BCUT2D eigenvalue weighted by molar-refractivity contribution is 5.99. The second-order valence-corrected chi connectivity index (χ2v) is 6.38. The van der Waals surface area contributed by atoms with Gasteiger partial charge < -0.3 is 19.8 Å². The van der Waals surface area contributed by atoms with E-state index in [0.717, 1.165) is 25.7 Å². The SMILES string of the molecule is CCOC(=O)c1[nH]c(C)c(C(=O)O[C@@H](C)C(=O)NC2CCCC2)c1C. The number of hydrogen-bond donors (Lipinski definition) is 2. The first-order valence-corrected chi connectivity index (χ1v) is 8.72. The van der Waals surface area contributed by atoms with Gasteiger partial charge in [-0.2, -0.15) is 0 Å². The van der Waals surface area contributed by atoms with Gasteiger partial charge in [-0.3, -0.25) is 4.79 Å². The maximum Gasteiger partial charge on any atom is 0.355 e. The number of aromatic nitrogens is 1. The Hall–Kier alpha value is -2.31. The molecule has 25 heavy (non-hydrogen) atoms. The van der Waals surface area contributed by atoms with E-state index in [1.54, 1.807) is 27.7 Å². The Morgan fingerprint density at radius 2 is 1.84 bits per heavy atom. The van der Waals surface area contributed by atoms with E-state index in [9.17, 15) is 14.4 Å². The smallest absolute Gasteiger partial charge is 0.355 e. The van der Waals surface area contributed by atoms with Crippen LogP contribution >= 0.6 is 0 Å². The van der Waals surface area contributed by atoms with Crippen molar-refractivity contribution >= 4 is 17.8 Å². The minimum atomic E-state index is -0.896. The molecule has 1 fully saturated rings. The molecule has 1 aromatic heterocycles. The van der Waals surface area contributed by atoms with E-state index in [0.29, 0.717) is 11.3 Å². The summed E-state index contributed by atoms with van der Waals surface area (Å²) >= 11 is 0. The van der Waals surface area contributed by atoms with Crippen LogP contribution < -0.4 is 5.32 Å². The van der Waals surface area contributed by atoms with Crippen LogP contribution in [0.3, 0.4) is 0 Å². The lowest BCUT2D eigenvalue weighted by atomic mass is 10.1. The number of carbonyl (C=O) groups is 3. The van der Waals surface area contributed by atoms with Crippen molar-refractivity contribution in [2.75, 3.05) is 6.61 Å². The maximum absolute atomic E-state index is 12.5. The molecule has 1 aliphatic carbocycles. The molecule has 1 aliphatic rings. The second-order valence-electron chi connectivity index (χ2n) is 6.38. The molecule has 0 spiro atoms. The number of aryl methyl sites for hydroxylation is 1. The quantitative estimate of drug-likeness (QED) is 0.768. The zero-order valence-corrected chi connectivity index (χ0v) is 15.2. The molecular weight excluding hydrogens is 324 g/mol. The zero-order chi connectivity index (χ0) is 18.6. The van der Waals surface area contributed by atoms with E-state index in [-0.39, 0.29) is 29.8 Å². The molecule has 0 aliphatic heterocycles. The average Bonchev–Trinajstić information content (AvgIpc) is 3.15. The second kappa shape index (κ2) is 8.18. The van der Waals surface area contributed by atoms with Gasteiger partial charge in [0.2, 0.25) is 0 Å². The van der Waals surface area contributed by atoms with Crippen molar-refractivity contribution < 1.29 is 23.9 Å². The van der Waals surface area contributed by atoms with E-state index >= 15 is 0 Å². The summed E-state index contributed by atoms with van der Waals surface area (Å²) in [5.41, 5.74) is 1.47. The van der Waals surface area contributed by atoms with Crippen LogP contribution in [0.5, 0.6) is 0 Å². The van der Waals surface area contributed by atoms with Crippen LogP contribution in [-0.2, 0) is 14.3 Å². The number of esters is 2. The maximum atomic E-state index is 12.5. The summed E-state index contributed by atoms with van der Waals surface area (Å²) in [7, 11) is 0. The number of rotatable bonds is 6. The molecule has 1 heterocycles. The van der Waals surface area contributed by atoms with Gasteiger partial charge in [-0.05, 0) is 46.1 Å². The molecule has 1 atom stereocenters. The first-order chi connectivity index (χ1) is 11.8. The van der Waals surface area contributed by atoms with Crippen LogP contribution in [0.1, 0.15) is 71.6 Å². The summed E-state index contributed by atoms with van der Waals surface area (Å²) in [6.45, 7) is 6.83. The predicted octanol–water partition coefficient (Wildman–Crippen LogP) is 2.41. The van der Waals surface area contributed by atoms with Gasteiger partial charge in [0.05, 0.1) is 12.2 Å². The predicted molar refractivity (Wildman–Crippen MR) is 91.5 cm³/mol. The zero-order valence-electron chi connectivity index (χ0n) is 15.2. The number of ether oxygens (including phenoxy) is 2. The number of carbonyl (C=O) groups excluding carboxylic acids is 3. The molecule has 0 radical (unpaired) electrons. The summed E-state index contributed by atoms with van der Waals surface area (Å²) in [5.74, 6) is -1.44. The third-order valence-electron chi connectivity index (χ3n) is 4.48. The van der Waals surface area contributed by atoms with Gasteiger partial charge in [0.25, 0.3) is 5.91 Å². The van der Waals surface area contributed by atoms with Gasteiger partial charge in [-0.15, -0.1) is 0 Å². The van der Waals surface area contributed by atoms with Crippen molar-refractivity contribution in [3.05, 3.63) is 22.5 Å². The van der Waals surface area contributed by atoms with Gasteiger partial charge in [0.15, 0.2) is 6.10 Å². The minimum Gasteiger partial charge on any atom is -0.461 e. The highest BCUT2D eigenvalue weighted by atomic mass is 16.5. The summed E-state index contributed by atoms with van der Waals surface area (Å²) < 4.78 is 10.3. The standard InChI is InChI=1S/C18H26N2O5/c1-5-24-18(23)15-10(2)14(11(3)19-15)17(22)25-12(4)16(21)20-13-8-6-7-9-13/h12-13,19H,5-9H2,1-4H3,(H,20,21)/t12-/m0/s1. The number of H-pyrrole nitrogens is 1. The monoisotopic (exact) mass is 350 g/mol. The first kappa shape index (κ1) is 19.0. The Balaban J connectivity index is 2.04. The van der Waals surface area contributed by atoms with Crippen molar-refractivity contribution in [1.29, 1.82) is 0 Å². The third kappa shape index (κ3) is 4.41. The molecule has 1 aromatic rings.